The second kappa shape index (κ2) is 8.62. The molecule has 0 heterocycles. The lowest BCUT2D eigenvalue weighted by atomic mass is 9.94. The number of carbonyl (C=O) groups is 2. The summed E-state index contributed by atoms with van der Waals surface area (Å²) in [6.07, 6.45) is 1.85. The van der Waals surface area contributed by atoms with Crippen molar-refractivity contribution in [3.63, 3.8) is 0 Å². The molecule has 2 aromatic rings. The lowest BCUT2D eigenvalue weighted by Crippen LogP contribution is -2.49. The van der Waals surface area contributed by atoms with E-state index < -0.39 is 0 Å². The number of fused-ring (bicyclic) bond motifs is 1. The highest BCUT2D eigenvalue weighted by atomic mass is 16.2. The molecule has 4 N–H and O–H groups in total. The predicted molar refractivity (Wildman–Crippen MR) is 101 cm³/mol. The van der Waals surface area contributed by atoms with E-state index in [1.165, 1.54) is 0 Å². The van der Waals surface area contributed by atoms with E-state index in [0.717, 1.165) is 23.6 Å². The first-order valence-corrected chi connectivity index (χ1v) is 8.80. The standard InChI is InChI=1S/C20H27N3O2/c1-3-20(21,4-2)14-23-18(24)11-12-22-19(25)17-10-9-15-7-5-6-8-16(15)13-17/h5-10,13H,3-4,11-12,14,21H2,1-2H3,(H,22,25)(H,23,24). The van der Waals surface area contributed by atoms with Crippen molar-refractivity contribution < 1.29 is 9.59 Å². The van der Waals surface area contributed by atoms with Crippen LogP contribution in [0.25, 0.3) is 10.8 Å². The normalized spacial score (nSPS) is 11.3. The molecule has 2 aromatic carbocycles. The van der Waals surface area contributed by atoms with Crippen LogP contribution in [0.3, 0.4) is 0 Å². The van der Waals surface area contributed by atoms with E-state index in [1.807, 2.05) is 50.2 Å². The minimum Gasteiger partial charge on any atom is -0.354 e. The zero-order valence-corrected chi connectivity index (χ0v) is 15.0. The van der Waals surface area contributed by atoms with Crippen LogP contribution in [0.2, 0.25) is 0 Å². The summed E-state index contributed by atoms with van der Waals surface area (Å²) in [7, 11) is 0. The van der Waals surface area contributed by atoms with E-state index >= 15 is 0 Å². The van der Waals surface area contributed by atoms with Gasteiger partial charge in [-0.05, 0) is 35.7 Å². The van der Waals surface area contributed by atoms with Crippen LogP contribution < -0.4 is 16.4 Å². The van der Waals surface area contributed by atoms with Gasteiger partial charge in [0, 0.05) is 30.6 Å². The van der Waals surface area contributed by atoms with Crippen LogP contribution in [0.1, 0.15) is 43.5 Å². The summed E-state index contributed by atoms with van der Waals surface area (Å²) in [4.78, 5) is 24.1. The summed E-state index contributed by atoms with van der Waals surface area (Å²) in [6, 6.07) is 13.5. The van der Waals surface area contributed by atoms with Crippen molar-refractivity contribution in [2.24, 2.45) is 5.73 Å². The maximum absolute atomic E-state index is 12.2. The molecular formula is C20H27N3O2. The monoisotopic (exact) mass is 341 g/mol. The fourth-order valence-corrected chi connectivity index (χ4v) is 2.59. The quantitative estimate of drug-likeness (QED) is 0.690. The van der Waals surface area contributed by atoms with Crippen LogP contribution in [0.4, 0.5) is 0 Å². The second-order valence-corrected chi connectivity index (χ2v) is 6.41. The lowest BCUT2D eigenvalue weighted by molar-refractivity contribution is -0.121. The molecular weight excluding hydrogens is 314 g/mol. The molecule has 0 aliphatic carbocycles. The molecule has 0 spiro atoms. The molecule has 0 atom stereocenters. The molecule has 0 bridgehead atoms. The van der Waals surface area contributed by atoms with Crippen LogP contribution in [-0.2, 0) is 4.79 Å². The van der Waals surface area contributed by atoms with Gasteiger partial charge in [0.25, 0.3) is 5.91 Å². The zero-order valence-electron chi connectivity index (χ0n) is 15.0. The number of nitrogens with one attached hydrogen (secondary N) is 2. The van der Waals surface area contributed by atoms with Crippen LogP contribution in [0.15, 0.2) is 42.5 Å². The number of benzene rings is 2. The topological polar surface area (TPSA) is 84.2 Å². The summed E-state index contributed by atoms with van der Waals surface area (Å²) in [5.41, 5.74) is 6.40. The van der Waals surface area contributed by atoms with Gasteiger partial charge in [-0.3, -0.25) is 9.59 Å². The summed E-state index contributed by atoms with van der Waals surface area (Å²) < 4.78 is 0. The van der Waals surface area contributed by atoms with Gasteiger partial charge in [0.1, 0.15) is 0 Å². The average molecular weight is 341 g/mol. The SMILES string of the molecule is CCC(N)(CC)CNC(=O)CCNC(=O)c1ccc2ccccc2c1. The maximum atomic E-state index is 12.2. The van der Waals surface area contributed by atoms with Gasteiger partial charge in [-0.2, -0.15) is 0 Å². The molecule has 0 saturated carbocycles. The van der Waals surface area contributed by atoms with E-state index in [1.54, 1.807) is 6.07 Å². The molecule has 0 saturated heterocycles. The Hall–Kier alpha value is -2.40. The van der Waals surface area contributed by atoms with Crippen molar-refractivity contribution in [3.05, 3.63) is 48.0 Å². The van der Waals surface area contributed by atoms with E-state index in [2.05, 4.69) is 10.6 Å². The average Bonchev–Trinajstić information content (AvgIpc) is 2.65. The second-order valence-electron chi connectivity index (χ2n) is 6.41. The number of amides is 2. The van der Waals surface area contributed by atoms with Crippen molar-refractivity contribution in [1.29, 1.82) is 0 Å². The van der Waals surface area contributed by atoms with Gasteiger partial charge >= 0.3 is 0 Å². The minimum absolute atomic E-state index is 0.101. The van der Waals surface area contributed by atoms with Crippen molar-refractivity contribution in [3.8, 4) is 0 Å². The minimum atomic E-state index is -0.357. The smallest absolute Gasteiger partial charge is 0.251 e. The Morgan fingerprint density at radius 1 is 1.00 bits per heavy atom. The Labute approximate surface area is 149 Å². The van der Waals surface area contributed by atoms with Crippen LogP contribution >= 0.6 is 0 Å². The molecule has 0 fully saturated rings. The van der Waals surface area contributed by atoms with Crippen molar-refractivity contribution in [2.45, 2.75) is 38.6 Å². The number of hydrogen-bond acceptors (Lipinski definition) is 3. The van der Waals surface area contributed by atoms with Crippen molar-refractivity contribution >= 4 is 22.6 Å². The molecule has 2 amide bonds. The highest BCUT2D eigenvalue weighted by Gasteiger charge is 2.20. The number of nitrogens with two attached hydrogens (primary N) is 1. The molecule has 0 aromatic heterocycles. The first-order chi connectivity index (χ1) is 12.0. The van der Waals surface area contributed by atoms with Gasteiger partial charge in [0.15, 0.2) is 0 Å². The molecule has 0 aliphatic heterocycles. The van der Waals surface area contributed by atoms with Gasteiger partial charge in [0.2, 0.25) is 5.91 Å². The first-order valence-electron chi connectivity index (χ1n) is 8.80. The molecule has 0 radical (unpaired) electrons. The zero-order chi connectivity index (χ0) is 18.3. The van der Waals surface area contributed by atoms with Crippen LogP contribution in [0, 0.1) is 0 Å². The lowest BCUT2D eigenvalue weighted by Gasteiger charge is -2.26. The third-order valence-corrected chi connectivity index (χ3v) is 4.70. The predicted octanol–water partition coefficient (Wildman–Crippen LogP) is 2.59. The molecule has 5 nitrogen and oxygen atoms in total. The summed E-state index contributed by atoms with van der Waals surface area (Å²) in [6.45, 7) is 4.78. The number of rotatable bonds is 8. The van der Waals surface area contributed by atoms with E-state index in [4.69, 9.17) is 5.73 Å². The van der Waals surface area contributed by atoms with E-state index in [9.17, 15) is 9.59 Å². The van der Waals surface area contributed by atoms with Gasteiger partial charge in [0.05, 0.1) is 0 Å². The Morgan fingerprint density at radius 3 is 2.36 bits per heavy atom. The largest absolute Gasteiger partial charge is 0.354 e. The fourth-order valence-electron chi connectivity index (χ4n) is 2.59. The molecule has 2 rings (SSSR count). The van der Waals surface area contributed by atoms with Crippen LogP contribution in [-0.4, -0.2) is 30.4 Å². The van der Waals surface area contributed by atoms with Gasteiger partial charge in [-0.1, -0.05) is 44.2 Å². The summed E-state index contributed by atoms with van der Waals surface area (Å²) in [5, 5.41) is 7.75. The van der Waals surface area contributed by atoms with Crippen molar-refractivity contribution in [1.82, 2.24) is 10.6 Å². The molecule has 0 unspecified atom stereocenters. The molecule has 25 heavy (non-hydrogen) atoms. The molecule has 134 valence electrons. The highest BCUT2D eigenvalue weighted by Crippen LogP contribution is 2.15. The third kappa shape index (κ3) is 5.29. The van der Waals surface area contributed by atoms with Gasteiger partial charge in [-0.15, -0.1) is 0 Å². The van der Waals surface area contributed by atoms with Crippen molar-refractivity contribution in [2.75, 3.05) is 13.1 Å². The maximum Gasteiger partial charge on any atom is 0.251 e. The Bertz CT molecular complexity index is 739. The van der Waals surface area contributed by atoms with E-state index in [-0.39, 0.29) is 23.8 Å². The first kappa shape index (κ1) is 18.9. The van der Waals surface area contributed by atoms with Crippen LogP contribution in [0.5, 0.6) is 0 Å². The summed E-state index contributed by atoms with van der Waals surface area (Å²) in [5.74, 6) is -0.274. The Balaban J connectivity index is 1.80. The number of hydrogen-bond donors (Lipinski definition) is 3. The fraction of sp³-hybridized carbons (Fsp3) is 0.400. The molecule has 0 aliphatic rings. The highest BCUT2D eigenvalue weighted by molar-refractivity contribution is 5.98. The third-order valence-electron chi connectivity index (χ3n) is 4.70. The Morgan fingerprint density at radius 2 is 1.68 bits per heavy atom. The van der Waals surface area contributed by atoms with Gasteiger partial charge in [-0.25, -0.2) is 0 Å². The number of carbonyl (C=O) groups excluding carboxylic acids is 2. The van der Waals surface area contributed by atoms with Gasteiger partial charge < -0.3 is 16.4 Å². The summed E-state index contributed by atoms with van der Waals surface area (Å²) >= 11 is 0. The van der Waals surface area contributed by atoms with E-state index in [0.29, 0.717) is 18.7 Å². The Kier molecular flexibility index (Phi) is 6.53. The molecule has 5 heteroatoms.